The molecule has 394 valence electrons. The lowest BCUT2D eigenvalue weighted by Crippen LogP contribution is -2.72. The van der Waals surface area contributed by atoms with Crippen LogP contribution in [-0.2, 0) is 43.2 Å². The molecule has 0 aromatic rings. The van der Waals surface area contributed by atoms with Crippen molar-refractivity contribution in [1.82, 2.24) is 53.2 Å². The van der Waals surface area contributed by atoms with Gasteiger partial charge in [-0.3, -0.25) is 48.1 Å². The number of hydrogen-bond donors (Lipinski definition) is 12. The number of aliphatic hydroxyl groups excluding tert-OH is 1. The Bertz CT molecular complexity index is 1830. The van der Waals surface area contributed by atoms with Gasteiger partial charge in [0, 0.05) is 45.4 Å². The highest BCUT2D eigenvalue weighted by Crippen LogP contribution is 2.26. The monoisotopic (exact) mass is 1000 g/mol. The molecular weight excluding hydrogens is 925 g/mol. The van der Waals surface area contributed by atoms with Crippen molar-refractivity contribution in [1.29, 1.82) is 0 Å². The average molecular weight is 1010 g/mol. The summed E-state index contributed by atoms with van der Waals surface area (Å²) in [6.07, 6.45) is 18.1. The smallest absolute Gasteiger partial charge is 0.248 e. The minimum absolute atomic E-state index is 0.0686. The molecule has 22 nitrogen and oxygen atoms in total. The fraction of sp³-hybridized carbons (Fsp3) is 0.702. The second kappa shape index (κ2) is 33.8. The fourth-order valence-corrected chi connectivity index (χ4v) is 8.58. The molecule has 2 heterocycles. The van der Waals surface area contributed by atoms with Crippen molar-refractivity contribution in [2.45, 2.75) is 166 Å². The van der Waals surface area contributed by atoms with E-state index in [1.54, 1.807) is 27.0 Å². The van der Waals surface area contributed by atoms with Gasteiger partial charge in [0.25, 0.3) is 0 Å². The van der Waals surface area contributed by atoms with E-state index < -0.39 is 108 Å². The van der Waals surface area contributed by atoms with Crippen LogP contribution < -0.4 is 58.9 Å². The van der Waals surface area contributed by atoms with Gasteiger partial charge in [-0.2, -0.15) is 0 Å². The Labute approximate surface area is 416 Å². The molecule has 23 heteroatoms. The molecule has 1 fully saturated rings. The molecule has 2 rings (SSSR count). The highest BCUT2D eigenvalue weighted by Gasteiger charge is 2.49. The lowest BCUT2D eigenvalue weighted by atomic mass is 9.87. The summed E-state index contributed by atoms with van der Waals surface area (Å²) in [6, 6.07) is -6.59. The zero-order valence-corrected chi connectivity index (χ0v) is 42.5. The first-order valence-corrected chi connectivity index (χ1v) is 25.6. The zero-order valence-electron chi connectivity index (χ0n) is 41.7. The Morgan fingerprint density at radius 1 is 0.857 bits per heavy atom. The molecule has 0 bridgehead atoms. The third kappa shape index (κ3) is 23.7. The Morgan fingerprint density at radius 3 is 2.10 bits per heavy atom. The Kier molecular flexibility index (Phi) is 29.1. The van der Waals surface area contributed by atoms with Crippen LogP contribution in [0.25, 0.3) is 0 Å². The Morgan fingerprint density at radius 2 is 1.50 bits per heavy atom. The number of rotatable bonds is 25. The molecule has 70 heavy (non-hydrogen) atoms. The first-order valence-electron chi connectivity index (χ1n) is 24.6. The first kappa shape index (κ1) is 60.4. The Hall–Kier alpha value is -5.71. The van der Waals surface area contributed by atoms with Gasteiger partial charge in [-0.25, -0.2) is 0 Å². The van der Waals surface area contributed by atoms with E-state index in [1.165, 1.54) is 69.6 Å². The highest BCUT2D eigenvalue weighted by molar-refractivity contribution is 8.02. The largest absolute Gasteiger partial charge is 0.394 e. The van der Waals surface area contributed by atoms with Crippen LogP contribution in [0.4, 0.5) is 0 Å². The van der Waals surface area contributed by atoms with Crippen molar-refractivity contribution in [3.8, 4) is 0 Å². The molecule has 9 amide bonds. The highest BCUT2D eigenvalue weighted by atomic mass is 32.2. The number of aliphatic imine (C=N–C) groups is 1. The van der Waals surface area contributed by atoms with E-state index in [0.717, 1.165) is 56.4 Å². The predicted molar refractivity (Wildman–Crippen MR) is 268 cm³/mol. The SMILES string of the molecule is CN=C(NC)NCCCCCCCCCCCCCC/C=C/C(=O)NC(C)C(=O)NC1CC2(CS/C=C\NC(=O)C(CO)NC(=O)CNC(=O)C(CC(C)C)NC1=O)NC(=O)C(CCC(N)=O)NC2=O. The van der Waals surface area contributed by atoms with E-state index in [0.29, 0.717) is 6.42 Å². The second-order valence-electron chi connectivity index (χ2n) is 18.1. The number of aliphatic hydroxyl groups is 1. The molecule has 0 saturated carbocycles. The second-order valence-corrected chi connectivity index (χ2v) is 19.0. The summed E-state index contributed by atoms with van der Waals surface area (Å²) in [7, 11) is 3.61. The van der Waals surface area contributed by atoms with Gasteiger partial charge in [0.15, 0.2) is 5.96 Å². The predicted octanol–water partition coefficient (Wildman–Crippen LogP) is -0.134. The Balaban J connectivity index is 2.10. The van der Waals surface area contributed by atoms with E-state index in [-0.39, 0.29) is 30.9 Å². The first-order chi connectivity index (χ1) is 33.4. The molecule has 2 aliphatic rings. The van der Waals surface area contributed by atoms with E-state index in [4.69, 9.17) is 5.73 Å². The van der Waals surface area contributed by atoms with Crippen molar-refractivity contribution >= 4 is 70.9 Å². The summed E-state index contributed by atoms with van der Waals surface area (Å²) in [4.78, 5) is 123. The third-order valence-corrected chi connectivity index (χ3v) is 12.7. The lowest BCUT2D eigenvalue weighted by molar-refractivity contribution is -0.143. The van der Waals surface area contributed by atoms with Gasteiger partial charge in [0.2, 0.25) is 53.2 Å². The third-order valence-electron chi connectivity index (χ3n) is 11.7. The topological polar surface area (TPSA) is 333 Å². The van der Waals surface area contributed by atoms with Crippen LogP contribution in [0, 0.1) is 5.92 Å². The number of hydrogen-bond acceptors (Lipinski definition) is 12. The molecule has 6 atom stereocenters. The molecular formula is C47H80N12O10S. The van der Waals surface area contributed by atoms with Crippen molar-refractivity contribution in [2.24, 2.45) is 16.6 Å². The summed E-state index contributed by atoms with van der Waals surface area (Å²) in [6.45, 7) is 4.52. The number of guanidine groups is 1. The molecule has 1 saturated heterocycles. The molecule has 0 radical (unpaired) electrons. The van der Waals surface area contributed by atoms with Gasteiger partial charge in [-0.05, 0) is 56.4 Å². The summed E-state index contributed by atoms with van der Waals surface area (Å²) >= 11 is 0.934. The number of unbranched alkanes of at least 4 members (excludes halogenated alkanes) is 12. The molecule has 0 aromatic carbocycles. The quantitative estimate of drug-likeness (QED) is 0.0246. The van der Waals surface area contributed by atoms with Crippen LogP contribution in [0.1, 0.15) is 130 Å². The maximum absolute atomic E-state index is 14.3. The van der Waals surface area contributed by atoms with Crippen LogP contribution in [0.3, 0.4) is 0 Å². The van der Waals surface area contributed by atoms with Crippen molar-refractivity contribution in [2.75, 3.05) is 39.5 Å². The van der Waals surface area contributed by atoms with Crippen molar-refractivity contribution < 1.29 is 48.3 Å². The van der Waals surface area contributed by atoms with Crippen LogP contribution in [0.2, 0.25) is 0 Å². The van der Waals surface area contributed by atoms with Crippen LogP contribution in [-0.4, -0.2) is 140 Å². The molecule has 0 aromatic heterocycles. The molecule has 1 spiro atoms. The fourth-order valence-electron chi connectivity index (χ4n) is 7.71. The zero-order chi connectivity index (χ0) is 51.9. The maximum atomic E-state index is 14.3. The lowest BCUT2D eigenvalue weighted by Gasteiger charge is -2.41. The van der Waals surface area contributed by atoms with E-state index in [2.05, 4.69) is 58.2 Å². The summed E-state index contributed by atoms with van der Waals surface area (Å²) in [5.74, 6) is -6.43. The summed E-state index contributed by atoms with van der Waals surface area (Å²) < 4.78 is 0. The van der Waals surface area contributed by atoms with Gasteiger partial charge in [-0.1, -0.05) is 84.1 Å². The normalized spacial score (nSPS) is 22.9. The number of thioether (sulfide) groups is 1. The standard InChI is InChI=1S/C47H80N12O10S/c1-31(2)26-34-41(65)53-28-39(63)55-36(29-60)42(66)51-24-25-70-30-47(45(69)58-33(44(68)59-47)21-22-37(48)61)27-35(43(67)56-34)57-40(64)32(3)54-38(62)20-18-16-14-12-10-8-6-7-9-11-13-15-17-19-23-52-46(49-4)50-5/h18,20,24-25,31-36,60H,6-17,19,21-23,26-30H2,1-5H3,(H2,48,61)(H,51,66)(H,53,65)(H,54,62)(H,55,63)(H,56,67)(H,57,64)(H,58,69)(H,59,68)(H2,49,50,52)/b20-18+,25-24-. The minimum Gasteiger partial charge on any atom is -0.394 e. The number of piperazine rings is 1. The van der Waals surface area contributed by atoms with Gasteiger partial charge < -0.3 is 64.0 Å². The summed E-state index contributed by atoms with van der Waals surface area (Å²) in [5, 5.41) is 37.7. The van der Waals surface area contributed by atoms with Crippen LogP contribution in [0.5, 0.6) is 0 Å². The van der Waals surface area contributed by atoms with E-state index in [1.807, 2.05) is 7.05 Å². The molecule has 13 N–H and O–H groups in total. The molecule has 0 aliphatic carbocycles. The molecule has 6 unspecified atom stereocenters. The maximum Gasteiger partial charge on any atom is 0.248 e. The van der Waals surface area contributed by atoms with Gasteiger partial charge in [-0.15, -0.1) is 11.8 Å². The number of amides is 9. The number of allylic oxidation sites excluding steroid dienone is 1. The average Bonchev–Trinajstić information content (AvgIpc) is 3.31. The minimum atomic E-state index is -1.91. The van der Waals surface area contributed by atoms with Crippen LogP contribution >= 0.6 is 11.8 Å². The number of carbonyl (C=O) groups is 9. The van der Waals surface area contributed by atoms with E-state index >= 15 is 0 Å². The van der Waals surface area contributed by atoms with Crippen molar-refractivity contribution in [3.63, 3.8) is 0 Å². The van der Waals surface area contributed by atoms with Gasteiger partial charge in [0.05, 0.1) is 13.2 Å². The number of primary amides is 1. The number of nitrogens with one attached hydrogen (secondary N) is 10. The number of nitrogens with two attached hydrogens (primary N) is 1. The van der Waals surface area contributed by atoms with Gasteiger partial charge in [0.1, 0.15) is 35.7 Å². The van der Waals surface area contributed by atoms with Crippen molar-refractivity contribution in [3.05, 3.63) is 23.8 Å². The van der Waals surface area contributed by atoms with E-state index in [9.17, 15) is 48.3 Å². The number of nitrogens with zero attached hydrogens (tertiary/aromatic N) is 1. The van der Waals surface area contributed by atoms with Crippen LogP contribution in [0.15, 0.2) is 28.8 Å². The molecule has 2 aliphatic heterocycles. The summed E-state index contributed by atoms with van der Waals surface area (Å²) in [5.41, 5.74) is 3.38. The number of carbonyl (C=O) groups excluding carboxylic acids is 9. The van der Waals surface area contributed by atoms with Gasteiger partial charge >= 0.3 is 0 Å².